The summed E-state index contributed by atoms with van der Waals surface area (Å²) >= 11 is 7.51. The molecule has 0 atom stereocenters. The van der Waals surface area contributed by atoms with Crippen molar-refractivity contribution in [2.45, 2.75) is 17.1 Å². The lowest BCUT2D eigenvalue weighted by molar-refractivity contribution is -0.137. The van der Waals surface area contributed by atoms with Gasteiger partial charge >= 0.3 is 6.18 Å². The first kappa shape index (κ1) is 17.8. The van der Waals surface area contributed by atoms with Gasteiger partial charge in [-0.3, -0.25) is 0 Å². The summed E-state index contributed by atoms with van der Waals surface area (Å²) in [4.78, 5) is 8.44. The molecule has 128 valence electrons. The lowest BCUT2D eigenvalue weighted by Gasteiger charge is -2.09. The molecule has 3 rings (SSSR count). The highest BCUT2D eigenvalue weighted by atomic mass is 35.5. The van der Waals surface area contributed by atoms with Crippen LogP contribution in [0.25, 0.3) is 11.1 Å². The Kier molecular flexibility index (Phi) is 5.30. The van der Waals surface area contributed by atoms with Crippen molar-refractivity contribution >= 4 is 23.4 Å². The van der Waals surface area contributed by atoms with Crippen LogP contribution in [0.15, 0.2) is 66.1 Å². The third kappa shape index (κ3) is 4.52. The lowest BCUT2D eigenvalue weighted by Crippen LogP contribution is -2.04. The molecule has 0 amide bonds. The minimum Gasteiger partial charge on any atom is -0.230 e. The lowest BCUT2D eigenvalue weighted by atomic mass is 10.1. The quantitative estimate of drug-likeness (QED) is 0.403. The van der Waals surface area contributed by atoms with Gasteiger partial charge in [0.2, 0.25) is 0 Å². The van der Waals surface area contributed by atoms with Crippen molar-refractivity contribution in [3.63, 3.8) is 0 Å². The molecule has 3 aromatic rings. The van der Waals surface area contributed by atoms with Crippen molar-refractivity contribution in [1.82, 2.24) is 9.97 Å². The van der Waals surface area contributed by atoms with E-state index in [0.717, 1.165) is 17.7 Å². The average molecular weight is 381 g/mol. The van der Waals surface area contributed by atoms with E-state index in [1.165, 1.54) is 30.2 Å². The fourth-order valence-electron chi connectivity index (χ4n) is 2.17. The maximum Gasteiger partial charge on any atom is 0.416 e. The van der Waals surface area contributed by atoms with Crippen molar-refractivity contribution in [2.24, 2.45) is 0 Å². The van der Waals surface area contributed by atoms with Crippen LogP contribution in [-0.4, -0.2) is 9.97 Å². The van der Waals surface area contributed by atoms with Gasteiger partial charge in [0.05, 0.1) is 5.56 Å². The zero-order chi connectivity index (χ0) is 17.9. The monoisotopic (exact) mass is 380 g/mol. The van der Waals surface area contributed by atoms with Crippen molar-refractivity contribution in [3.8, 4) is 11.1 Å². The van der Waals surface area contributed by atoms with Gasteiger partial charge in [-0.15, -0.1) is 0 Å². The van der Waals surface area contributed by atoms with E-state index < -0.39 is 11.7 Å². The summed E-state index contributed by atoms with van der Waals surface area (Å²) < 4.78 is 38.4. The summed E-state index contributed by atoms with van der Waals surface area (Å²) in [7, 11) is 0. The second-order valence-corrected chi connectivity index (χ2v) is 6.56. The second-order valence-electron chi connectivity index (χ2n) is 5.21. The first-order valence-corrected chi connectivity index (χ1v) is 8.66. The van der Waals surface area contributed by atoms with E-state index in [0.29, 0.717) is 27.1 Å². The molecule has 0 saturated carbocycles. The molecule has 7 heteroatoms. The van der Waals surface area contributed by atoms with Gasteiger partial charge in [0.25, 0.3) is 0 Å². The minimum absolute atomic E-state index is 0.428. The Morgan fingerprint density at radius 1 is 0.920 bits per heavy atom. The number of thioether (sulfide) groups is 1. The van der Waals surface area contributed by atoms with Gasteiger partial charge < -0.3 is 0 Å². The number of benzene rings is 2. The zero-order valence-corrected chi connectivity index (χ0v) is 14.4. The topological polar surface area (TPSA) is 25.8 Å². The van der Waals surface area contributed by atoms with E-state index in [1.807, 2.05) is 24.3 Å². The van der Waals surface area contributed by atoms with Crippen LogP contribution in [0.3, 0.4) is 0 Å². The molecule has 0 aliphatic carbocycles. The molecule has 0 N–H and O–H groups in total. The van der Waals surface area contributed by atoms with Crippen LogP contribution in [0.2, 0.25) is 5.02 Å². The third-order valence-corrected chi connectivity index (χ3v) is 4.76. The zero-order valence-electron chi connectivity index (χ0n) is 12.8. The summed E-state index contributed by atoms with van der Waals surface area (Å²) in [5.74, 6) is 0.614. The Morgan fingerprint density at radius 3 is 2.32 bits per heavy atom. The largest absolute Gasteiger partial charge is 0.416 e. The smallest absolute Gasteiger partial charge is 0.230 e. The van der Waals surface area contributed by atoms with Gasteiger partial charge in [-0.05, 0) is 29.3 Å². The molecule has 0 unspecified atom stereocenters. The third-order valence-electron chi connectivity index (χ3n) is 3.47. The van der Waals surface area contributed by atoms with E-state index in [-0.39, 0.29) is 0 Å². The molecule has 0 bridgehead atoms. The van der Waals surface area contributed by atoms with Crippen molar-refractivity contribution < 1.29 is 13.2 Å². The molecule has 1 heterocycles. The van der Waals surface area contributed by atoms with Gasteiger partial charge in [0.1, 0.15) is 0 Å². The first-order valence-electron chi connectivity index (χ1n) is 7.29. The maximum absolute atomic E-state index is 12.8. The van der Waals surface area contributed by atoms with Gasteiger partial charge in [-0.2, -0.15) is 13.2 Å². The molecule has 25 heavy (non-hydrogen) atoms. The Labute approximate surface area is 152 Å². The Balaban J connectivity index is 1.73. The highest BCUT2D eigenvalue weighted by Gasteiger charge is 2.30. The molecule has 0 aliphatic rings. The van der Waals surface area contributed by atoms with Crippen molar-refractivity contribution in [2.75, 3.05) is 0 Å². The highest BCUT2D eigenvalue weighted by molar-refractivity contribution is 7.98. The Bertz CT molecular complexity index is 867. The number of aromatic nitrogens is 2. The van der Waals surface area contributed by atoms with Gasteiger partial charge in [0.15, 0.2) is 5.16 Å². The number of rotatable bonds is 4. The van der Waals surface area contributed by atoms with E-state index in [9.17, 15) is 13.2 Å². The van der Waals surface area contributed by atoms with Crippen LogP contribution in [0.5, 0.6) is 0 Å². The van der Waals surface area contributed by atoms with Crippen LogP contribution in [0, 0.1) is 0 Å². The molecule has 0 spiro atoms. The maximum atomic E-state index is 12.8. The molecular formula is C18H12ClF3N2S. The summed E-state index contributed by atoms with van der Waals surface area (Å²) in [6, 6.07) is 12.6. The summed E-state index contributed by atoms with van der Waals surface area (Å²) in [6.45, 7) is 0. The van der Waals surface area contributed by atoms with Crippen LogP contribution >= 0.6 is 23.4 Å². The minimum atomic E-state index is -4.37. The number of halogens is 4. The van der Waals surface area contributed by atoms with Crippen molar-refractivity contribution in [3.05, 3.63) is 77.1 Å². The Hall–Kier alpha value is -2.05. The van der Waals surface area contributed by atoms with E-state index >= 15 is 0 Å². The normalized spacial score (nSPS) is 11.5. The standard InChI is InChI=1S/C18H12ClF3N2S/c19-16-7-2-1-4-13(16)11-25-17-23-9-14(10-24-17)12-5-3-6-15(8-12)18(20,21)22/h1-10H,11H2. The average Bonchev–Trinajstić information content (AvgIpc) is 2.61. The fraction of sp³-hybridized carbons (Fsp3) is 0.111. The SMILES string of the molecule is FC(F)(F)c1cccc(-c2cnc(SCc3ccccc3Cl)nc2)c1. The van der Waals surface area contributed by atoms with E-state index in [2.05, 4.69) is 9.97 Å². The summed E-state index contributed by atoms with van der Waals surface area (Å²) in [6.07, 6.45) is -1.32. The van der Waals surface area contributed by atoms with E-state index in [1.54, 1.807) is 6.07 Å². The first-order chi connectivity index (χ1) is 11.9. The molecule has 0 fully saturated rings. The molecule has 2 nitrogen and oxygen atoms in total. The molecule has 0 aliphatic heterocycles. The van der Waals surface area contributed by atoms with Gasteiger partial charge in [-0.1, -0.05) is 53.7 Å². The molecule has 1 aromatic heterocycles. The summed E-state index contributed by atoms with van der Waals surface area (Å²) in [5, 5.41) is 1.21. The van der Waals surface area contributed by atoms with Gasteiger partial charge in [-0.25, -0.2) is 9.97 Å². The van der Waals surface area contributed by atoms with Crippen LogP contribution in [0.4, 0.5) is 13.2 Å². The molecule has 0 radical (unpaired) electrons. The molecule has 2 aromatic carbocycles. The van der Waals surface area contributed by atoms with Gasteiger partial charge in [0, 0.05) is 28.7 Å². The number of hydrogen-bond donors (Lipinski definition) is 0. The number of nitrogens with zero attached hydrogens (tertiary/aromatic N) is 2. The van der Waals surface area contributed by atoms with Crippen molar-refractivity contribution in [1.29, 1.82) is 0 Å². The predicted molar refractivity (Wildman–Crippen MR) is 93.5 cm³/mol. The van der Waals surface area contributed by atoms with Crippen LogP contribution in [-0.2, 0) is 11.9 Å². The second kappa shape index (κ2) is 7.45. The molecular weight excluding hydrogens is 369 g/mol. The fourth-order valence-corrected chi connectivity index (χ4v) is 3.25. The van der Waals surface area contributed by atoms with E-state index in [4.69, 9.17) is 11.6 Å². The highest BCUT2D eigenvalue weighted by Crippen LogP contribution is 2.32. The predicted octanol–water partition coefficient (Wildman–Crippen LogP) is 6.11. The van der Waals surface area contributed by atoms with Crippen LogP contribution in [0.1, 0.15) is 11.1 Å². The Morgan fingerprint density at radius 2 is 1.64 bits per heavy atom. The molecule has 0 saturated heterocycles. The number of alkyl halides is 3. The summed E-state index contributed by atoms with van der Waals surface area (Å²) in [5.41, 5.74) is 1.24. The van der Waals surface area contributed by atoms with Crippen LogP contribution < -0.4 is 0 Å². The number of hydrogen-bond acceptors (Lipinski definition) is 3.